The van der Waals surface area contributed by atoms with E-state index in [0.717, 1.165) is 0 Å². The number of hydrogen-bond donors (Lipinski definition) is 0. The third kappa shape index (κ3) is 4.41. The maximum Gasteiger partial charge on any atom is 0.338 e. The van der Waals surface area contributed by atoms with Crippen LogP contribution in [0.25, 0.3) is 0 Å². The van der Waals surface area contributed by atoms with Crippen LogP contribution in [0.2, 0.25) is 0 Å². The van der Waals surface area contributed by atoms with Gasteiger partial charge in [-0.3, -0.25) is 4.18 Å². The van der Waals surface area contributed by atoms with Gasteiger partial charge in [-0.2, -0.15) is 8.42 Å². The molecule has 0 bridgehead atoms. The van der Waals surface area contributed by atoms with Gasteiger partial charge in [-0.15, -0.1) is 0 Å². The molecule has 0 aliphatic heterocycles. The van der Waals surface area contributed by atoms with Gasteiger partial charge in [-0.25, -0.2) is 4.79 Å². The van der Waals surface area contributed by atoms with Crippen LogP contribution in [0.5, 0.6) is 0 Å². The first-order valence-corrected chi connectivity index (χ1v) is 8.10. The Morgan fingerprint density at radius 2 is 1.55 bits per heavy atom. The zero-order valence-corrected chi connectivity index (χ0v) is 12.8. The van der Waals surface area contributed by atoms with Crippen molar-refractivity contribution in [1.29, 1.82) is 0 Å². The summed E-state index contributed by atoms with van der Waals surface area (Å²) in [5.74, 6) is -0.520. The molecule has 116 valence electrons. The predicted molar refractivity (Wildman–Crippen MR) is 80.9 cm³/mol. The highest BCUT2D eigenvalue weighted by molar-refractivity contribution is 7.86. The second kappa shape index (κ2) is 7.20. The van der Waals surface area contributed by atoms with Crippen LogP contribution in [0.3, 0.4) is 0 Å². The minimum absolute atomic E-state index is 0.0660. The van der Waals surface area contributed by atoms with Gasteiger partial charge in [0, 0.05) is 0 Å². The van der Waals surface area contributed by atoms with Crippen molar-refractivity contribution in [1.82, 2.24) is 0 Å². The molecule has 1 atom stereocenters. The number of carbonyl (C=O) groups excluding carboxylic acids is 1. The summed E-state index contributed by atoms with van der Waals surface area (Å²) >= 11 is 0. The summed E-state index contributed by atoms with van der Waals surface area (Å²) in [5.41, 5.74) is 0.403. The highest BCUT2D eigenvalue weighted by Gasteiger charge is 2.20. The molecule has 0 radical (unpaired) electrons. The number of hydrogen-bond acceptors (Lipinski definition) is 5. The SMILES string of the molecule is CC(COC(=O)c1ccccc1)OS(=O)(=O)c1ccccc1. The van der Waals surface area contributed by atoms with Crippen LogP contribution in [-0.4, -0.2) is 27.1 Å². The quantitative estimate of drug-likeness (QED) is 0.604. The molecule has 0 N–H and O–H groups in total. The van der Waals surface area contributed by atoms with Crippen LogP contribution in [0, 0.1) is 0 Å². The van der Waals surface area contributed by atoms with E-state index in [2.05, 4.69) is 0 Å². The van der Waals surface area contributed by atoms with E-state index < -0.39 is 22.2 Å². The molecule has 1 unspecified atom stereocenters. The number of benzene rings is 2. The normalized spacial score (nSPS) is 12.6. The molecular formula is C16H16O5S. The first-order valence-electron chi connectivity index (χ1n) is 6.69. The van der Waals surface area contributed by atoms with E-state index in [1.165, 1.54) is 19.1 Å². The molecule has 2 aromatic carbocycles. The molecule has 22 heavy (non-hydrogen) atoms. The Bertz CT molecular complexity index is 711. The van der Waals surface area contributed by atoms with E-state index in [9.17, 15) is 13.2 Å². The van der Waals surface area contributed by atoms with Gasteiger partial charge < -0.3 is 4.74 Å². The van der Waals surface area contributed by atoms with Crippen molar-refractivity contribution in [3.63, 3.8) is 0 Å². The Labute approximate surface area is 129 Å². The Balaban J connectivity index is 1.91. The molecule has 0 fully saturated rings. The number of esters is 1. The van der Waals surface area contributed by atoms with E-state index in [1.54, 1.807) is 48.5 Å². The van der Waals surface area contributed by atoms with Gasteiger partial charge in [0.2, 0.25) is 0 Å². The van der Waals surface area contributed by atoms with Crippen LogP contribution in [0.1, 0.15) is 17.3 Å². The van der Waals surface area contributed by atoms with E-state index in [4.69, 9.17) is 8.92 Å². The average molecular weight is 320 g/mol. The molecule has 0 saturated carbocycles. The molecule has 0 saturated heterocycles. The van der Waals surface area contributed by atoms with E-state index in [-0.39, 0.29) is 11.5 Å². The Morgan fingerprint density at radius 1 is 1.00 bits per heavy atom. The van der Waals surface area contributed by atoms with Crippen molar-refractivity contribution in [3.8, 4) is 0 Å². The van der Waals surface area contributed by atoms with Crippen molar-refractivity contribution in [3.05, 3.63) is 66.2 Å². The third-order valence-corrected chi connectivity index (χ3v) is 4.21. The Morgan fingerprint density at radius 3 is 2.14 bits per heavy atom. The largest absolute Gasteiger partial charge is 0.459 e. The molecule has 2 aromatic rings. The summed E-state index contributed by atoms with van der Waals surface area (Å²) in [5, 5.41) is 0. The minimum Gasteiger partial charge on any atom is -0.459 e. The number of carbonyl (C=O) groups is 1. The summed E-state index contributed by atoms with van der Waals surface area (Å²) in [6, 6.07) is 16.3. The first-order chi connectivity index (χ1) is 10.5. The molecule has 0 amide bonds. The lowest BCUT2D eigenvalue weighted by Crippen LogP contribution is -2.22. The van der Waals surface area contributed by atoms with E-state index in [1.807, 2.05) is 0 Å². The number of rotatable bonds is 6. The van der Waals surface area contributed by atoms with Crippen LogP contribution in [0.4, 0.5) is 0 Å². The molecule has 6 heteroatoms. The van der Waals surface area contributed by atoms with Crippen LogP contribution < -0.4 is 0 Å². The Hall–Kier alpha value is -2.18. The maximum atomic E-state index is 12.0. The predicted octanol–water partition coefficient (Wildman–Crippen LogP) is 2.64. The topological polar surface area (TPSA) is 69.7 Å². The molecule has 0 aliphatic carbocycles. The zero-order valence-electron chi connectivity index (χ0n) is 12.0. The summed E-state index contributed by atoms with van der Waals surface area (Å²) in [7, 11) is -3.86. The molecular weight excluding hydrogens is 304 g/mol. The molecule has 0 spiro atoms. The highest BCUT2D eigenvalue weighted by atomic mass is 32.2. The van der Waals surface area contributed by atoms with Gasteiger partial charge in [0.1, 0.15) is 12.7 Å². The molecule has 0 aromatic heterocycles. The lowest BCUT2D eigenvalue weighted by molar-refractivity contribution is 0.0349. The van der Waals surface area contributed by atoms with Gasteiger partial charge in [-0.05, 0) is 31.2 Å². The fourth-order valence-corrected chi connectivity index (χ4v) is 2.83. The molecule has 0 aliphatic rings. The van der Waals surface area contributed by atoms with Gasteiger partial charge in [0.05, 0.1) is 10.5 Å². The maximum absolute atomic E-state index is 12.0. The smallest absolute Gasteiger partial charge is 0.338 e. The summed E-state index contributed by atoms with van der Waals surface area (Å²) < 4.78 is 34.0. The fourth-order valence-electron chi connectivity index (χ4n) is 1.74. The summed E-state index contributed by atoms with van der Waals surface area (Å²) in [6.07, 6.45) is -0.780. The van der Waals surface area contributed by atoms with Gasteiger partial charge in [0.25, 0.3) is 10.1 Å². The van der Waals surface area contributed by atoms with E-state index >= 15 is 0 Å². The van der Waals surface area contributed by atoms with E-state index in [0.29, 0.717) is 5.56 Å². The number of ether oxygens (including phenoxy) is 1. The summed E-state index contributed by atoms with van der Waals surface area (Å²) in [4.78, 5) is 11.8. The standard InChI is InChI=1S/C16H16O5S/c1-13(12-20-16(17)14-8-4-2-5-9-14)21-22(18,19)15-10-6-3-7-11-15/h2-11,13H,12H2,1H3. The van der Waals surface area contributed by atoms with Crippen LogP contribution in [0.15, 0.2) is 65.6 Å². The minimum atomic E-state index is -3.86. The van der Waals surface area contributed by atoms with Crippen molar-refractivity contribution in [2.45, 2.75) is 17.9 Å². The van der Waals surface area contributed by atoms with Gasteiger partial charge in [-0.1, -0.05) is 36.4 Å². The first kappa shape index (κ1) is 16.2. The molecule has 2 rings (SSSR count). The third-order valence-electron chi connectivity index (χ3n) is 2.78. The lowest BCUT2D eigenvalue weighted by Gasteiger charge is -2.13. The summed E-state index contributed by atoms with van der Waals surface area (Å²) in [6.45, 7) is 1.37. The average Bonchev–Trinajstić information content (AvgIpc) is 2.54. The fraction of sp³-hybridized carbons (Fsp3) is 0.188. The van der Waals surface area contributed by atoms with Gasteiger partial charge in [0.15, 0.2) is 0 Å². The second-order valence-corrected chi connectivity index (χ2v) is 6.21. The molecule has 5 nitrogen and oxygen atoms in total. The Kier molecular flexibility index (Phi) is 5.30. The van der Waals surface area contributed by atoms with Crippen molar-refractivity contribution >= 4 is 16.1 Å². The van der Waals surface area contributed by atoms with Crippen LogP contribution >= 0.6 is 0 Å². The van der Waals surface area contributed by atoms with Crippen molar-refractivity contribution in [2.24, 2.45) is 0 Å². The van der Waals surface area contributed by atoms with Crippen molar-refractivity contribution in [2.75, 3.05) is 6.61 Å². The zero-order chi connectivity index (χ0) is 16.0. The lowest BCUT2D eigenvalue weighted by atomic mass is 10.2. The van der Waals surface area contributed by atoms with Crippen molar-refractivity contribution < 1.29 is 22.1 Å². The highest BCUT2D eigenvalue weighted by Crippen LogP contribution is 2.14. The molecule has 0 heterocycles. The monoisotopic (exact) mass is 320 g/mol. The van der Waals surface area contributed by atoms with Crippen LogP contribution in [-0.2, 0) is 19.0 Å². The van der Waals surface area contributed by atoms with Gasteiger partial charge >= 0.3 is 5.97 Å². The second-order valence-electron chi connectivity index (χ2n) is 4.64.